The van der Waals surface area contributed by atoms with Crippen LogP contribution in [0.25, 0.3) is 11.0 Å². The molecule has 0 aliphatic carbocycles. The van der Waals surface area contributed by atoms with E-state index in [2.05, 4.69) is 4.98 Å². The normalized spacial score (nSPS) is 12.7. The molecule has 1 unspecified atom stereocenters. The lowest BCUT2D eigenvalue weighted by atomic mass is 9.98. The first kappa shape index (κ1) is 13.8. The maximum atomic E-state index is 13.8. The number of nitrogens with two attached hydrogens (primary N) is 1. The van der Waals surface area contributed by atoms with Crippen molar-refractivity contribution in [3.8, 4) is 0 Å². The molecule has 1 aromatic heterocycles. The van der Waals surface area contributed by atoms with Gasteiger partial charge in [-0.05, 0) is 30.2 Å². The molecule has 108 valence electrons. The summed E-state index contributed by atoms with van der Waals surface area (Å²) in [4.78, 5) is 4.67. The highest BCUT2D eigenvalue weighted by Gasteiger charge is 2.19. The van der Waals surface area contributed by atoms with Crippen LogP contribution in [0, 0.1) is 5.82 Å². The fourth-order valence-corrected chi connectivity index (χ4v) is 2.74. The minimum atomic E-state index is -0.185. The maximum Gasteiger partial charge on any atom is 0.126 e. The summed E-state index contributed by atoms with van der Waals surface area (Å²) in [5.41, 5.74) is 8.61. The van der Waals surface area contributed by atoms with E-state index in [1.165, 1.54) is 6.07 Å². The van der Waals surface area contributed by atoms with E-state index in [-0.39, 0.29) is 11.7 Å². The molecule has 4 heteroatoms. The number of aromatic nitrogens is 2. The molecular formula is C17H18FN3. The lowest BCUT2D eigenvalue weighted by Gasteiger charge is -2.15. The highest BCUT2D eigenvalue weighted by atomic mass is 19.1. The Morgan fingerprint density at radius 1 is 1.14 bits per heavy atom. The predicted octanol–water partition coefficient (Wildman–Crippen LogP) is 3.00. The average molecular weight is 283 g/mol. The fourth-order valence-electron chi connectivity index (χ4n) is 2.74. The SMILES string of the molecule is Cn1c(C(CN)Cc2ccccc2F)nc2ccccc21. The van der Waals surface area contributed by atoms with Crippen LogP contribution in [0.3, 0.4) is 0 Å². The Morgan fingerprint density at radius 2 is 1.86 bits per heavy atom. The van der Waals surface area contributed by atoms with Crippen LogP contribution in [0.2, 0.25) is 0 Å². The standard InChI is InChI=1S/C17H18FN3/c1-21-16-9-5-4-8-15(16)20-17(21)13(11-19)10-12-6-2-3-7-14(12)18/h2-9,13H,10-11,19H2,1H3. The molecule has 2 N–H and O–H groups in total. The third-order valence-electron chi connectivity index (χ3n) is 3.90. The smallest absolute Gasteiger partial charge is 0.126 e. The van der Waals surface area contributed by atoms with E-state index in [9.17, 15) is 4.39 Å². The van der Waals surface area contributed by atoms with E-state index in [1.807, 2.05) is 41.9 Å². The zero-order chi connectivity index (χ0) is 14.8. The number of rotatable bonds is 4. The van der Waals surface area contributed by atoms with E-state index in [0.29, 0.717) is 18.5 Å². The molecule has 0 radical (unpaired) electrons. The third kappa shape index (κ3) is 2.54. The van der Waals surface area contributed by atoms with Crippen molar-refractivity contribution in [3.63, 3.8) is 0 Å². The molecule has 21 heavy (non-hydrogen) atoms. The summed E-state index contributed by atoms with van der Waals surface area (Å²) in [6.45, 7) is 0.436. The van der Waals surface area contributed by atoms with Gasteiger partial charge in [-0.1, -0.05) is 30.3 Å². The molecule has 0 saturated heterocycles. The van der Waals surface area contributed by atoms with E-state index in [4.69, 9.17) is 5.73 Å². The van der Waals surface area contributed by atoms with E-state index in [1.54, 1.807) is 12.1 Å². The van der Waals surface area contributed by atoms with Gasteiger partial charge in [0.05, 0.1) is 11.0 Å². The molecule has 1 atom stereocenters. The number of imidazole rings is 1. The van der Waals surface area contributed by atoms with Crippen molar-refractivity contribution >= 4 is 11.0 Å². The van der Waals surface area contributed by atoms with Gasteiger partial charge in [0.2, 0.25) is 0 Å². The van der Waals surface area contributed by atoms with Crippen molar-refractivity contribution in [1.82, 2.24) is 9.55 Å². The summed E-state index contributed by atoms with van der Waals surface area (Å²) in [5, 5.41) is 0. The molecule has 0 aliphatic rings. The second-order valence-corrected chi connectivity index (χ2v) is 5.25. The third-order valence-corrected chi connectivity index (χ3v) is 3.90. The van der Waals surface area contributed by atoms with Gasteiger partial charge in [0.1, 0.15) is 11.6 Å². The van der Waals surface area contributed by atoms with Crippen LogP contribution in [0.5, 0.6) is 0 Å². The first-order valence-electron chi connectivity index (χ1n) is 7.05. The van der Waals surface area contributed by atoms with Gasteiger partial charge in [-0.15, -0.1) is 0 Å². The minimum Gasteiger partial charge on any atom is -0.331 e. The number of benzene rings is 2. The Balaban J connectivity index is 1.99. The largest absolute Gasteiger partial charge is 0.331 e. The number of halogens is 1. The van der Waals surface area contributed by atoms with Gasteiger partial charge in [-0.3, -0.25) is 0 Å². The number of aryl methyl sites for hydroxylation is 1. The van der Waals surface area contributed by atoms with Crippen LogP contribution in [0.15, 0.2) is 48.5 Å². The number of nitrogens with zero attached hydrogens (tertiary/aromatic N) is 2. The molecule has 0 saturated carbocycles. The van der Waals surface area contributed by atoms with Crippen LogP contribution in [-0.2, 0) is 13.5 Å². The van der Waals surface area contributed by atoms with Crippen LogP contribution in [0.1, 0.15) is 17.3 Å². The van der Waals surface area contributed by atoms with Gasteiger partial charge < -0.3 is 10.3 Å². The maximum absolute atomic E-state index is 13.8. The van der Waals surface area contributed by atoms with Gasteiger partial charge in [0.25, 0.3) is 0 Å². The van der Waals surface area contributed by atoms with Crippen LogP contribution in [0.4, 0.5) is 4.39 Å². The molecule has 0 bridgehead atoms. The Morgan fingerprint density at radius 3 is 2.57 bits per heavy atom. The van der Waals surface area contributed by atoms with Crippen LogP contribution >= 0.6 is 0 Å². The summed E-state index contributed by atoms with van der Waals surface area (Å²) in [6.07, 6.45) is 0.556. The number of hydrogen-bond donors (Lipinski definition) is 1. The van der Waals surface area contributed by atoms with Crippen molar-refractivity contribution in [2.75, 3.05) is 6.54 Å². The van der Waals surface area contributed by atoms with E-state index in [0.717, 1.165) is 16.9 Å². The summed E-state index contributed by atoms with van der Waals surface area (Å²) < 4.78 is 15.9. The topological polar surface area (TPSA) is 43.8 Å². The molecule has 0 aliphatic heterocycles. The zero-order valence-electron chi connectivity index (χ0n) is 12.0. The summed E-state index contributed by atoms with van der Waals surface area (Å²) in [5.74, 6) is 0.718. The van der Waals surface area contributed by atoms with Crippen molar-refractivity contribution in [2.24, 2.45) is 12.8 Å². The number of fused-ring (bicyclic) bond motifs is 1. The van der Waals surface area contributed by atoms with Crippen LogP contribution < -0.4 is 5.73 Å². The molecule has 1 heterocycles. The Kier molecular flexibility index (Phi) is 3.71. The molecule has 0 amide bonds. The highest BCUT2D eigenvalue weighted by molar-refractivity contribution is 5.75. The molecule has 3 aromatic rings. The van der Waals surface area contributed by atoms with Crippen molar-refractivity contribution < 1.29 is 4.39 Å². The molecule has 0 spiro atoms. The van der Waals surface area contributed by atoms with Crippen LogP contribution in [-0.4, -0.2) is 16.1 Å². The highest BCUT2D eigenvalue weighted by Crippen LogP contribution is 2.24. The quantitative estimate of drug-likeness (QED) is 0.800. The van der Waals surface area contributed by atoms with Crippen molar-refractivity contribution in [3.05, 3.63) is 65.7 Å². The molecule has 3 rings (SSSR count). The lowest BCUT2D eigenvalue weighted by molar-refractivity contribution is 0.572. The van der Waals surface area contributed by atoms with Crippen molar-refractivity contribution in [1.29, 1.82) is 0 Å². The Hall–Kier alpha value is -2.20. The monoisotopic (exact) mass is 283 g/mol. The van der Waals surface area contributed by atoms with Gasteiger partial charge in [-0.25, -0.2) is 9.37 Å². The summed E-state index contributed by atoms with van der Waals surface area (Å²) in [7, 11) is 1.98. The van der Waals surface area contributed by atoms with E-state index < -0.39 is 0 Å². The molecule has 0 fully saturated rings. The molecular weight excluding hydrogens is 265 g/mol. The lowest BCUT2D eigenvalue weighted by Crippen LogP contribution is -2.19. The predicted molar refractivity (Wildman–Crippen MR) is 82.6 cm³/mol. The molecule has 3 nitrogen and oxygen atoms in total. The summed E-state index contributed by atoms with van der Waals surface area (Å²) >= 11 is 0. The second kappa shape index (κ2) is 5.66. The minimum absolute atomic E-state index is 0.000648. The molecule has 2 aromatic carbocycles. The van der Waals surface area contributed by atoms with Gasteiger partial charge in [0, 0.05) is 19.5 Å². The average Bonchev–Trinajstić information content (AvgIpc) is 2.84. The summed E-state index contributed by atoms with van der Waals surface area (Å²) in [6, 6.07) is 14.8. The first-order valence-corrected chi connectivity index (χ1v) is 7.05. The first-order chi connectivity index (χ1) is 10.2. The van der Waals surface area contributed by atoms with Gasteiger partial charge >= 0.3 is 0 Å². The zero-order valence-corrected chi connectivity index (χ0v) is 12.0. The Bertz CT molecular complexity index is 764. The Labute approximate surface area is 123 Å². The number of para-hydroxylation sites is 2. The van der Waals surface area contributed by atoms with E-state index >= 15 is 0 Å². The number of hydrogen-bond acceptors (Lipinski definition) is 2. The fraction of sp³-hybridized carbons (Fsp3) is 0.235. The van der Waals surface area contributed by atoms with Crippen molar-refractivity contribution in [2.45, 2.75) is 12.3 Å². The van der Waals surface area contributed by atoms with Gasteiger partial charge in [-0.2, -0.15) is 0 Å². The second-order valence-electron chi connectivity index (χ2n) is 5.25. The van der Waals surface area contributed by atoms with Gasteiger partial charge in [0.15, 0.2) is 0 Å².